The van der Waals surface area contributed by atoms with Crippen molar-refractivity contribution < 1.29 is 31.8 Å². The summed E-state index contributed by atoms with van der Waals surface area (Å²) in [7, 11) is -1.99. The minimum atomic E-state index is -3.67. The quantitative estimate of drug-likeness (QED) is 0.172. The molecule has 4 aromatic carbocycles. The van der Waals surface area contributed by atoms with Crippen molar-refractivity contribution in [3.8, 4) is 45.4 Å². The van der Waals surface area contributed by atoms with Gasteiger partial charge >= 0.3 is 7.54 Å². The Bertz CT molecular complexity index is 2510. The molecule has 0 bridgehead atoms. The highest BCUT2D eigenvalue weighted by molar-refractivity contribution is 9.11. The molecule has 8 rings (SSSR count). The molecule has 290 valence electrons. The highest BCUT2D eigenvalue weighted by Crippen LogP contribution is 2.44. The van der Waals surface area contributed by atoms with Gasteiger partial charge in [0.15, 0.2) is 0 Å². The van der Waals surface area contributed by atoms with Crippen molar-refractivity contribution >= 4 is 73.0 Å². The molecule has 0 atom stereocenters. The molecule has 8 aromatic rings. The lowest BCUT2D eigenvalue weighted by Gasteiger charge is -2.12. The number of halogens is 5. The summed E-state index contributed by atoms with van der Waals surface area (Å²) in [6.07, 6.45) is 4.08. The van der Waals surface area contributed by atoms with Crippen LogP contribution in [0.3, 0.4) is 0 Å². The number of phenols is 1. The monoisotopic (exact) mass is 908 g/mol. The van der Waals surface area contributed by atoms with Crippen LogP contribution in [-0.2, 0) is 0 Å². The third kappa shape index (κ3) is 8.90. The minimum absolute atomic E-state index is 0.244. The molecule has 0 fully saturated rings. The molecule has 0 radical (unpaired) electrons. The van der Waals surface area contributed by atoms with Crippen LogP contribution in [0.4, 0.5) is 12.9 Å². The van der Waals surface area contributed by atoms with Gasteiger partial charge in [-0.25, -0.2) is 0 Å². The van der Waals surface area contributed by atoms with Gasteiger partial charge in [0.25, 0.3) is 0 Å². The van der Waals surface area contributed by atoms with Gasteiger partial charge in [0, 0.05) is 22.1 Å². The molecule has 0 unspecified atom stereocenters. The van der Waals surface area contributed by atoms with Crippen molar-refractivity contribution in [2.45, 2.75) is 27.7 Å². The van der Waals surface area contributed by atoms with E-state index < -0.39 is 7.54 Å². The van der Waals surface area contributed by atoms with E-state index in [1.54, 1.807) is 31.0 Å². The minimum Gasteiger partial charge on any atom is -0.508 e. The summed E-state index contributed by atoms with van der Waals surface area (Å²) >= 11 is 9.32. The van der Waals surface area contributed by atoms with Crippen molar-refractivity contribution in [2.75, 3.05) is 19.6 Å². The zero-order valence-corrected chi connectivity index (χ0v) is 35.6. The van der Waals surface area contributed by atoms with Crippen molar-refractivity contribution in [3.05, 3.63) is 129 Å². The maximum atomic E-state index is 9.67. The third-order valence-electron chi connectivity index (χ3n) is 8.60. The fourth-order valence-corrected chi connectivity index (χ4v) is 7.78. The lowest BCUT2D eigenvalue weighted by molar-refractivity contribution is 0.393. The highest BCUT2D eigenvalue weighted by atomic mass is 79.9. The van der Waals surface area contributed by atoms with E-state index in [0.717, 1.165) is 93.3 Å². The molecule has 0 aliphatic rings. The SMILES string of the molecule is COc1ccc(-n2c(-c3c(C)noc3C)c(Br)c3ccccc32)cc1.CSC.Cc1noc(C)c1-c1c(Br)c2ccccc2n1-c1ccc(O)cc1.FB(F)F. The number of aromatic nitrogens is 4. The molecule has 0 aliphatic carbocycles. The first kappa shape index (κ1) is 42.3. The van der Waals surface area contributed by atoms with Crippen molar-refractivity contribution in [2.24, 2.45) is 0 Å². The van der Waals surface area contributed by atoms with Crippen LogP contribution in [0.5, 0.6) is 11.5 Å². The van der Waals surface area contributed by atoms with Gasteiger partial charge in [-0.1, -0.05) is 46.7 Å². The second kappa shape index (κ2) is 18.9. The van der Waals surface area contributed by atoms with E-state index in [2.05, 4.69) is 87.7 Å². The first-order chi connectivity index (χ1) is 26.8. The molecule has 0 aliphatic heterocycles. The van der Waals surface area contributed by atoms with E-state index in [0.29, 0.717) is 0 Å². The van der Waals surface area contributed by atoms with Gasteiger partial charge in [-0.05, 0) is 133 Å². The van der Waals surface area contributed by atoms with E-state index in [-0.39, 0.29) is 5.75 Å². The molecule has 0 spiro atoms. The fraction of sp³-hybridized carbons (Fsp3) is 0.171. The average Bonchev–Trinajstić information content (AvgIpc) is 3.88. The Labute approximate surface area is 344 Å². The Balaban J connectivity index is 0.000000184. The molecule has 4 heterocycles. The molecular weight excluding hydrogens is 872 g/mol. The van der Waals surface area contributed by atoms with Crippen LogP contribution in [0, 0.1) is 27.7 Å². The number of hydrogen-bond donors (Lipinski definition) is 1. The first-order valence-electron chi connectivity index (χ1n) is 17.0. The predicted molar refractivity (Wildman–Crippen MR) is 229 cm³/mol. The Morgan fingerprint density at radius 3 is 1.34 bits per heavy atom. The van der Waals surface area contributed by atoms with Gasteiger partial charge in [-0.3, -0.25) is 12.9 Å². The topological polar surface area (TPSA) is 91.4 Å². The number of aromatic hydroxyl groups is 1. The van der Waals surface area contributed by atoms with Crippen LogP contribution in [-0.4, -0.2) is 51.7 Å². The Kier molecular flexibility index (Phi) is 14.2. The average molecular weight is 910 g/mol. The predicted octanol–water partition coefficient (Wildman–Crippen LogP) is 12.9. The summed E-state index contributed by atoms with van der Waals surface area (Å²) in [5.74, 6) is 2.65. The van der Waals surface area contributed by atoms with Gasteiger partial charge in [-0.15, -0.1) is 0 Å². The van der Waals surface area contributed by atoms with Crippen LogP contribution in [0.1, 0.15) is 22.9 Å². The normalized spacial score (nSPS) is 10.6. The summed E-state index contributed by atoms with van der Waals surface area (Å²) in [4.78, 5) is 0. The highest BCUT2D eigenvalue weighted by Gasteiger charge is 2.25. The van der Waals surface area contributed by atoms with Crippen molar-refractivity contribution in [1.29, 1.82) is 0 Å². The summed E-state index contributed by atoms with van der Waals surface area (Å²) in [5, 5.41) is 20.1. The Morgan fingerprint density at radius 1 is 0.643 bits per heavy atom. The van der Waals surface area contributed by atoms with Crippen molar-refractivity contribution in [3.63, 3.8) is 0 Å². The number of rotatable bonds is 5. The Hall–Kier alpha value is -4.86. The number of ether oxygens (including phenoxy) is 1. The molecule has 0 saturated heterocycles. The standard InChI is InChI=1S/C20H17BrN2O2.C19H15BrN2O2.C2H6S.BF3/c1-12-18(13(2)25-22-12)20-19(21)16-6-4-5-7-17(16)23(20)14-8-10-15(24-3)11-9-14;1-11-17(12(2)24-21-11)19-18(20)15-5-3-4-6-16(15)22(19)13-7-9-14(23)10-8-13;1-3-2;2-1(3)4/h4-11H,1-3H3;3-10,23H,1-2H3;1-2H3;. The number of para-hydroxylation sites is 2. The van der Waals surface area contributed by atoms with Gasteiger partial charge < -0.3 is 28.0 Å². The summed E-state index contributed by atoms with van der Waals surface area (Å²) < 4.78 is 51.5. The van der Waals surface area contributed by atoms with Gasteiger partial charge in [0.1, 0.15) is 23.0 Å². The van der Waals surface area contributed by atoms with Crippen LogP contribution < -0.4 is 4.74 Å². The number of hydrogen-bond acceptors (Lipinski definition) is 7. The number of benzene rings is 4. The van der Waals surface area contributed by atoms with Gasteiger partial charge in [0.2, 0.25) is 0 Å². The molecule has 56 heavy (non-hydrogen) atoms. The van der Waals surface area contributed by atoms with Crippen LogP contribution >= 0.6 is 43.6 Å². The first-order valence-corrected chi connectivity index (χ1v) is 20.3. The largest absolute Gasteiger partial charge is 0.762 e. The van der Waals surface area contributed by atoms with Crippen LogP contribution in [0.2, 0.25) is 0 Å². The molecule has 1 N–H and O–H groups in total. The van der Waals surface area contributed by atoms with Crippen LogP contribution in [0.25, 0.3) is 55.7 Å². The van der Waals surface area contributed by atoms with E-state index in [4.69, 9.17) is 13.8 Å². The maximum absolute atomic E-state index is 9.67. The summed E-state index contributed by atoms with van der Waals surface area (Å²) in [5.41, 5.74) is 9.96. The van der Waals surface area contributed by atoms with E-state index in [9.17, 15) is 18.1 Å². The zero-order valence-electron chi connectivity index (χ0n) is 31.6. The number of methoxy groups -OCH3 is 1. The van der Waals surface area contributed by atoms with Crippen LogP contribution in [0.15, 0.2) is 115 Å². The van der Waals surface area contributed by atoms with Crippen molar-refractivity contribution in [1.82, 2.24) is 19.4 Å². The second-order valence-corrected chi connectivity index (χ2v) is 14.7. The summed E-state index contributed by atoms with van der Waals surface area (Å²) in [6.45, 7) is 7.77. The molecule has 4 aromatic heterocycles. The number of nitrogens with zero attached hydrogens (tertiary/aromatic N) is 4. The molecular formula is C41H38BBr2F3N4O4S. The smallest absolute Gasteiger partial charge is 0.508 e. The molecule has 0 amide bonds. The molecule has 0 saturated carbocycles. The zero-order chi connectivity index (χ0) is 40.7. The fourth-order valence-electron chi connectivity index (χ4n) is 6.36. The third-order valence-corrected chi connectivity index (χ3v) is 10.2. The van der Waals surface area contributed by atoms with E-state index >= 15 is 0 Å². The Morgan fingerprint density at radius 2 is 1.00 bits per heavy atom. The lowest BCUT2D eigenvalue weighted by atomic mass is 10.1. The van der Waals surface area contributed by atoms with E-state index in [1.165, 1.54) is 0 Å². The maximum Gasteiger partial charge on any atom is 0.762 e. The van der Waals surface area contributed by atoms with E-state index in [1.807, 2.05) is 88.7 Å². The number of thioether (sulfide) groups is 1. The number of aryl methyl sites for hydroxylation is 4. The summed E-state index contributed by atoms with van der Waals surface area (Å²) in [6, 6.07) is 31.7. The number of phenolic OH excluding ortho intramolecular Hbond substituents is 1. The van der Waals surface area contributed by atoms with Gasteiger partial charge in [0.05, 0.1) is 61.0 Å². The molecule has 15 heteroatoms. The molecule has 8 nitrogen and oxygen atoms in total. The lowest BCUT2D eigenvalue weighted by Crippen LogP contribution is -1.98. The van der Waals surface area contributed by atoms with Gasteiger partial charge in [-0.2, -0.15) is 11.8 Å². The second-order valence-electron chi connectivity index (χ2n) is 12.3. The number of fused-ring (bicyclic) bond motifs is 2.